The first-order chi connectivity index (χ1) is 6.83. The molecule has 0 saturated heterocycles. The van der Waals surface area contributed by atoms with Gasteiger partial charge in [-0.25, -0.2) is 0 Å². The average Bonchev–Trinajstić information content (AvgIpc) is 2.25. The van der Waals surface area contributed by atoms with E-state index in [9.17, 15) is 0 Å². The second-order valence-corrected chi connectivity index (χ2v) is 3.33. The summed E-state index contributed by atoms with van der Waals surface area (Å²) in [5, 5.41) is 12.3. The number of nitrogens with one attached hydrogen (secondary N) is 1. The summed E-state index contributed by atoms with van der Waals surface area (Å²) in [5.41, 5.74) is 6.58. The van der Waals surface area contributed by atoms with Crippen molar-refractivity contribution < 1.29 is 5.11 Å². The van der Waals surface area contributed by atoms with E-state index in [1.165, 1.54) is 5.56 Å². The van der Waals surface area contributed by atoms with Gasteiger partial charge in [-0.3, -0.25) is 0 Å². The van der Waals surface area contributed by atoms with E-state index in [-0.39, 0.29) is 0 Å². The van der Waals surface area contributed by atoms with Gasteiger partial charge in [0, 0.05) is 13.1 Å². The van der Waals surface area contributed by atoms with Crippen LogP contribution >= 0.6 is 0 Å². The summed E-state index contributed by atoms with van der Waals surface area (Å²) in [6.45, 7) is 1.77. The Morgan fingerprint density at radius 2 is 2.00 bits per heavy atom. The minimum absolute atomic E-state index is 0.318. The van der Waals surface area contributed by atoms with E-state index in [0.29, 0.717) is 13.1 Å². The van der Waals surface area contributed by atoms with Crippen molar-refractivity contribution >= 4 is 0 Å². The number of hydrogen-bond donors (Lipinski definition) is 3. The van der Waals surface area contributed by atoms with Crippen molar-refractivity contribution in [3.8, 4) is 0 Å². The van der Waals surface area contributed by atoms with Crippen molar-refractivity contribution in [1.29, 1.82) is 0 Å². The lowest BCUT2D eigenvalue weighted by Crippen LogP contribution is -2.33. The van der Waals surface area contributed by atoms with Gasteiger partial charge in [0.05, 0.1) is 6.10 Å². The molecule has 0 heterocycles. The second-order valence-electron chi connectivity index (χ2n) is 3.33. The molecule has 1 rings (SSSR count). The summed E-state index contributed by atoms with van der Waals surface area (Å²) in [6, 6.07) is 10.3. The molecule has 0 fully saturated rings. The first-order valence-electron chi connectivity index (χ1n) is 4.95. The first-order valence-corrected chi connectivity index (χ1v) is 4.95. The Morgan fingerprint density at radius 1 is 1.29 bits per heavy atom. The van der Waals surface area contributed by atoms with Gasteiger partial charge in [0.1, 0.15) is 0 Å². The van der Waals surface area contributed by atoms with E-state index in [1.54, 1.807) is 0 Å². The summed E-state index contributed by atoms with van der Waals surface area (Å²) in [6.07, 6.45) is 0.559. The molecule has 0 aliphatic rings. The topological polar surface area (TPSA) is 58.3 Å². The van der Waals surface area contributed by atoms with Gasteiger partial charge in [-0.2, -0.15) is 0 Å². The van der Waals surface area contributed by atoms with Crippen LogP contribution in [0.3, 0.4) is 0 Å². The van der Waals surface area contributed by atoms with Crippen molar-refractivity contribution in [3.63, 3.8) is 0 Å². The molecule has 1 aromatic carbocycles. The van der Waals surface area contributed by atoms with E-state index in [4.69, 9.17) is 10.8 Å². The molecule has 0 radical (unpaired) electrons. The van der Waals surface area contributed by atoms with Crippen molar-refractivity contribution in [3.05, 3.63) is 35.9 Å². The number of hydrogen-bond acceptors (Lipinski definition) is 3. The second kappa shape index (κ2) is 6.54. The molecule has 3 nitrogen and oxygen atoms in total. The van der Waals surface area contributed by atoms with Crippen LogP contribution < -0.4 is 11.1 Å². The predicted octanol–water partition coefficient (Wildman–Crippen LogP) is 0.138. The fourth-order valence-electron chi connectivity index (χ4n) is 1.23. The highest BCUT2D eigenvalue weighted by Gasteiger charge is 1.98. The van der Waals surface area contributed by atoms with E-state index < -0.39 is 6.10 Å². The lowest BCUT2D eigenvalue weighted by Gasteiger charge is -2.08. The normalized spacial score (nSPS) is 12.7. The monoisotopic (exact) mass is 194 g/mol. The van der Waals surface area contributed by atoms with Crippen LogP contribution in [0.5, 0.6) is 0 Å². The van der Waals surface area contributed by atoms with Crippen LogP contribution in [0.2, 0.25) is 0 Å². The summed E-state index contributed by atoms with van der Waals surface area (Å²) >= 11 is 0. The van der Waals surface area contributed by atoms with Crippen LogP contribution in [0.15, 0.2) is 30.3 Å². The van der Waals surface area contributed by atoms with Crippen LogP contribution in [-0.2, 0) is 6.42 Å². The molecule has 1 atom stereocenters. The Hall–Kier alpha value is -0.900. The maximum absolute atomic E-state index is 9.17. The lowest BCUT2D eigenvalue weighted by atomic mass is 10.1. The minimum atomic E-state index is -0.425. The van der Waals surface area contributed by atoms with Crippen molar-refractivity contribution in [2.45, 2.75) is 12.5 Å². The van der Waals surface area contributed by atoms with Crippen LogP contribution in [0, 0.1) is 0 Å². The number of aliphatic hydroxyl groups excluding tert-OH is 1. The van der Waals surface area contributed by atoms with E-state index in [1.807, 2.05) is 18.2 Å². The molecule has 1 aromatic rings. The largest absolute Gasteiger partial charge is 0.390 e. The molecule has 0 amide bonds. The van der Waals surface area contributed by atoms with Crippen molar-refractivity contribution in [2.75, 3.05) is 19.6 Å². The Balaban J connectivity index is 2.10. The molecule has 0 aliphatic heterocycles. The highest BCUT2D eigenvalue weighted by molar-refractivity contribution is 5.14. The quantitative estimate of drug-likeness (QED) is 0.564. The average molecular weight is 194 g/mol. The third-order valence-electron chi connectivity index (χ3n) is 2.09. The molecular formula is C11H18N2O. The van der Waals surface area contributed by atoms with E-state index in [0.717, 1.165) is 13.0 Å². The maximum atomic E-state index is 9.17. The van der Waals surface area contributed by atoms with Gasteiger partial charge in [0.15, 0.2) is 0 Å². The number of nitrogens with two attached hydrogens (primary N) is 1. The van der Waals surface area contributed by atoms with Gasteiger partial charge in [-0.05, 0) is 18.5 Å². The fourth-order valence-corrected chi connectivity index (χ4v) is 1.23. The Bertz CT molecular complexity index is 238. The van der Waals surface area contributed by atoms with Crippen LogP contribution in [0.1, 0.15) is 5.56 Å². The van der Waals surface area contributed by atoms with Gasteiger partial charge in [0.2, 0.25) is 0 Å². The van der Waals surface area contributed by atoms with Crippen LogP contribution in [0.4, 0.5) is 0 Å². The van der Waals surface area contributed by atoms with Gasteiger partial charge in [-0.1, -0.05) is 30.3 Å². The highest BCUT2D eigenvalue weighted by atomic mass is 16.3. The highest BCUT2D eigenvalue weighted by Crippen LogP contribution is 1.97. The van der Waals surface area contributed by atoms with Crippen molar-refractivity contribution in [1.82, 2.24) is 5.32 Å². The molecule has 0 bridgehead atoms. The van der Waals surface area contributed by atoms with Gasteiger partial charge < -0.3 is 16.2 Å². The number of aliphatic hydroxyl groups is 1. The van der Waals surface area contributed by atoms with Gasteiger partial charge in [-0.15, -0.1) is 0 Å². The van der Waals surface area contributed by atoms with Crippen LogP contribution in [-0.4, -0.2) is 30.8 Å². The smallest absolute Gasteiger partial charge is 0.0786 e. The SMILES string of the molecule is NCC(O)CNCCc1ccccc1. The molecule has 78 valence electrons. The molecule has 1 unspecified atom stereocenters. The van der Waals surface area contributed by atoms with Crippen molar-refractivity contribution in [2.24, 2.45) is 5.73 Å². The van der Waals surface area contributed by atoms with Gasteiger partial charge in [0.25, 0.3) is 0 Å². The summed E-state index contributed by atoms with van der Waals surface area (Å²) < 4.78 is 0. The number of rotatable bonds is 6. The third-order valence-corrected chi connectivity index (χ3v) is 2.09. The Labute approximate surface area is 84.9 Å². The zero-order chi connectivity index (χ0) is 10.2. The summed E-state index contributed by atoms with van der Waals surface area (Å²) in [4.78, 5) is 0. The molecule has 0 aromatic heterocycles. The predicted molar refractivity (Wildman–Crippen MR) is 58.1 cm³/mol. The zero-order valence-electron chi connectivity index (χ0n) is 8.32. The molecule has 0 aliphatic carbocycles. The van der Waals surface area contributed by atoms with E-state index in [2.05, 4.69) is 17.4 Å². The van der Waals surface area contributed by atoms with E-state index >= 15 is 0 Å². The third kappa shape index (κ3) is 4.37. The van der Waals surface area contributed by atoms with Crippen LogP contribution in [0.25, 0.3) is 0 Å². The Kier molecular flexibility index (Phi) is 5.22. The molecular weight excluding hydrogens is 176 g/mol. The zero-order valence-corrected chi connectivity index (χ0v) is 8.32. The minimum Gasteiger partial charge on any atom is -0.390 e. The molecule has 14 heavy (non-hydrogen) atoms. The van der Waals surface area contributed by atoms with Gasteiger partial charge >= 0.3 is 0 Å². The molecule has 0 saturated carbocycles. The fraction of sp³-hybridized carbons (Fsp3) is 0.455. The molecule has 0 spiro atoms. The Morgan fingerprint density at radius 3 is 2.64 bits per heavy atom. The summed E-state index contributed by atoms with van der Waals surface area (Å²) in [7, 11) is 0. The standard InChI is InChI=1S/C11H18N2O/c12-8-11(14)9-13-7-6-10-4-2-1-3-5-10/h1-5,11,13-14H,6-9,12H2. The first kappa shape index (κ1) is 11.2. The molecule has 3 heteroatoms. The number of benzene rings is 1. The lowest BCUT2D eigenvalue weighted by molar-refractivity contribution is 0.180. The summed E-state index contributed by atoms with van der Waals surface area (Å²) in [5.74, 6) is 0. The maximum Gasteiger partial charge on any atom is 0.0786 e. The molecule has 4 N–H and O–H groups in total.